The Morgan fingerprint density at radius 3 is 2.56 bits per heavy atom. The van der Waals surface area contributed by atoms with Gasteiger partial charge in [-0.3, -0.25) is 14.4 Å². The third-order valence-electron chi connectivity index (χ3n) is 6.33. The Hall–Kier alpha value is -3.69. The maximum absolute atomic E-state index is 14.3. The number of carbonyl (C=O) groups is 3. The summed E-state index contributed by atoms with van der Waals surface area (Å²) in [6.07, 6.45) is 4.21. The molecule has 180 valence electrons. The molecule has 2 aliphatic heterocycles. The van der Waals surface area contributed by atoms with Crippen LogP contribution < -0.4 is 16.4 Å². The molecule has 1 atom stereocenters. The zero-order valence-electron chi connectivity index (χ0n) is 19.1. The summed E-state index contributed by atoms with van der Waals surface area (Å²) in [5.74, 6) is -0.803. The number of hydrogen-bond acceptors (Lipinski definition) is 6. The number of nitrogens with zero attached hydrogens (tertiary/aromatic N) is 3. The highest BCUT2D eigenvalue weighted by atomic mass is 19.1. The molecular weight excluding hydrogens is 439 g/mol. The molecule has 4 N–H and O–H groups in total. The van der Waals surface area contributed by atoms with Gasteiger partial charge in [0, 0.05) is 57.6 Å². The Morgan fingerprint density at radius 1 is 1.12 bits per heavy atom. The summed E-state index contributed by atoms with van der Waals surface area (Å²) in [5, 5.41) is 6.35. The maximum Gasteiger partial charge on any atom is 0.256 e. The van der Waals surface area contributed by atoms with Crippen molar-refractivity contribution in [1.82, 2.24) is 14.8 Å². The molecule has 2 fully saturated rings. The SMILES string of the molecule is CC(=O)N1CCC[C@H](CNc2cc(Nc3ccc(F)c(C(=O)N4CCC4)c3)ncc2C(N)=O)C1. The Balaban J connectivity index is 1.49. The first-order chi connectivity index (χ1) is 16.3. The van der Waals surface area contributed by atoms with Crippen molar-refractivity contribution >= 4 is 34.9 Å². The standard InChI is InChI=1S/C24H29FN6O3/c1-15(32)31-7-2-4-16(14-31)12-27-21-11-22(28-13-19(21)23(26)33)29-17-5-6-20(25)18(10-17)24(34)30-8-3-9-30/h5-6,10-11,13,16H,2-4,7-9,12,14H2,1H3,(H2,26,33)(H2,27,28,29)/t16-/m1/s1. The van der Waals surface area contributed by atoms with Crippen LogP contribution in [0.25, 0.3) is 0 Å². The molecule has 34 heavy (non-hydrogen) atoms. The summed E-state index contributed by atoms with van der Waals surface area (Å²) in [5.41, 5.74) is 6.80. The van der Waals surface area contributed by atoms with Gasteiger partial charge < -0.3 is 26.2 Å². The quantitative estimate of drug-likeness (QED) is 0.574. The van der Waals surface area contributed by atoms with Crippen molar-refractivity contribution < 1.29 is 18.8 Å². The van der Waals surface area contributed by atoms with Crippen LogP contribution in [0.15, 0.2) is 30.5 Å². The van der Waals surface area contributed by atoms with E-state index in [1.54, 1.807) is 17.9 Å². The number of aromatic nitrogens is 1. The molecule has 10 heteroatoms. The van der Waals surface area contributed by atoms with E-state index in [0.29, 0.717) is 43.4 Å². The van der Waals surface area contributed by atoms with Crippen molar-refractivity contribution in [1.29, 1.82) is 0 Å². The first kappa shape index (κ1) is 23.5. The minimum absolute atomic E-state index is 0.00382. The van der Waals surface area contributed by atoms with Crippen molar-refractivity contribution in [3.05, 3.63) is 47.4 Å². The van der Waals surface area contributed by atoms with Gasteiger partial charge in [0.25, 0.3) is 11.8 Å². The van der Waals surface area contributed by atoms with E-state index < -0.39 is 11.7 Å². The van der Waals surface area contributed by atoms with Gasteiger partial charge in [0.15, 0.2) is 0 Å². The fourth-order valence-electron chi connectivity index (χ4n) is 4.24. The van der Waals surface area contributed by atoms with Crippen molar-refractivity contribution in [3.8, 4) is 0 Å². The van der Waals surface area contributed by atoms with E-state index in [1.165, 1.54) is 24.4 Å². The molecule has 0 bridgehead atoms. The van der Waals surface area contributed by atoms with Crippen molar-refractivity contribution in [2.24, 2.45) is 11.7 Å². The summed E-state index contributed by atoms with van der Waals surface area (Å²) in [6.45, 7) is 4.83. The lowest BCUT2D eigenvalue weighted by atomic mass is 9.97. The molecule has 0 saturated carbocycles. The monoisotopic (exact) mass is 468 g/mol. The summed E-state index contributed by atoms with van der Waals surface area (Å²) in [7, 11) is 0. The minimum atomic E-state index is -0.611. The predicted molar refractivity (Wildman–Crippen MR) is 126 cm³/mol. The number of carbonyl (C=O) groups excluding carboxylic acids is 3. The number of likely N-dealkylation sites (tertiary alicyclic amines) is 2. The first-order valence-electron chi connectivity index (χ1n) is 11.5. The molecule has 3 amide bonds. The van der Waals surface area contributed by atoms with Crippen LogP contribution in [0.3, 0.4) is 0 Å². The van der Waals surface area contributed by atoms with Gasteiger partial charge >= 0.3 is 0 Å². The maximum atomic E-state index is 14.3. The zero-order chi connectivity index (χ0) is 24.2. The lowest BCUT2D eigenvalue weighted by Gasteiger charge is -2.32. The van der Waals surface area contributed by atoms with E-state index in [2.05, 4.69) is 15.6 Å². The third kappa shape index (κ3) is 5.27. The number of amides is 3. The van der Waals surface area contributed by atoms with E-state index in [1.807, 2.05) is 4.90 Å². The summed E-state index contributed by atoms with van der Waals surface area (Å²) in [6, 6.07) is 5.89. The van der Waals surface area contributed by atoms with Crippen LogP contribution in [-0.2, 0) is 4.79 Å². The van der Waals surface area contributed by atoms with E-state index in [0.717, 1.165) is 25.8 Å². The molecule has 0 unspecified atom stereocenters. The fraction of sp³-hybridized carbons (Fsp3) is 0.417. The smallest absolute Gasteiger partial charge is 0.256 e. The average molecular weight is 469 g/mol. The third-order valence-corrected chi connectivity index (χ3v) is 6.33. The normalized spacial score (nSPS) is 17.6. The van der Waals surface area contributed by atoms with E-state index >= 15 is 0 Å². The van der Waals surface area contributed by atoms with E-state index in [9.17, 15) is 18.8 Å². The van der Waals surface area contributed by atoms with Gasteiger partial charge in [-0.25, -0.2) is 9.37 Å². The lowest BCUT2D eigenvalue weighted by molar-refractivity contribution is -0.130. The van der Waals surface area contributed by atoms with Crippen molar-refractivity contribution in [3.63, 3.8) is 0 Å². The molecule has 4 rings (SSSR count). The second-order valence-corrected chi connectivity index (χ2v) is 8.80. The predicted octanol–water partition coefficient (Wildman–Crippen LogP) is 2.58. The van der Waals surface area contributed by atoms with Gasteiger partial charge in [-0.15, -0.1) is 0 Å². The molecule has 3 heterocycles. The minimum Gasteiger partial charge on any atom is -0.384 e. The molecule has 2 aliphatic rings. The van der Waals surface area contributed by atoms with Gasteiger partial charge in [-0.2, -0.15) is 0 Å². The molecule has 1 aromatic heterocycles. The van der Waals surface area contributed by atoms with Gasteiger partial charge in [0.2, 0.25) is 5.91 Å². The van der Waals surface area contributed by atoms with Crippen LogP contribution in [-0.4, -0.2) is 65.2 Å². The summed E-state index contributed by atoms with van der Waals surface area (Å²) in [4.78, 5) is 43.8. The number of rotatable bonds is 7. The second kappa shape index (κ2) is 10.1. The van der Waals surface area contributed by atoms with Gasteiger partial charge in [-0.05, 0) is 43.4 Å². The summed E-state index contributed by atoms with van der Waals surface area (Å²) < 4.78 is 14.3. The molecular formula is C24H29FN6O3. The van der Waals surface area contributed by atoms with Crippen LogP contribution in [0.4, 0.5) is 21.6 Å². The van der Waals surface area contributed by atoms with Crippen molar-refractivity contribution in [2.45, 2.75) is 26.2 Å². The number of primary amides is 1. The molecule has 0 aliphatic carbocycles. The number of pyridine rings is 1. The van der Waals surface area contributed by atoms with Gasteiger partial charge in [0.1, 0.15) is 11.6 Å². The van der Waals surface area contributed by atoms with Crippen LogP contribution >= 0.6 is 0 Å². The molecule has 2 saturated heterocycles. The Bertz CT molecular complexity index is 1100. The number of halogens is 1. The highest BCUT2D eigenvalue weighted by Crippen LogP contribution is 2.25. The van der Waals surface area contributed by atoms with Crippen LogP contribution in [0.1, 0.15) is 46.9 Å². The lowest BCUT2D eigenvalue weighted by Crippen LogP contribution is -2.42. The Kier molecular flexibility index (Phi) is 6.95. The van der Waals surface area contributed by atoms with Gasteiger partial charge in [0.05, 0.1) is 16.8 Å². The van der Waals surface area contributed by atoms with Gasteiger partial charge in [-0.1, -0.05) is 0 Å². The number of hydrogen-bond donors (Lipinski definition) is 3. The summed E-state index contributed by atoms with van der Waals surface area (Å²) >= 11 is 0. The average Bonchev–Trinajstić information content (AvgIpc) is 2.78. The molecule has 2 aromatic rings. The van der Waals surface area contributed by atoms with Crippen LogP contribution in [0.2, 0.25) is 0 Å². The molecule has 0 spiro atoms. The molecule has 9 nitrogen and oxygen atoms in total. The van der Waals surface area contributed by atoms with E-state index in [4.69, 9.17) is 5.73 Å². The fourth-order valence-corrected chi connectivity index (χ4v) is 4.24. The number of piperidine rings is 1. The van der Waals surface area contributed by atoms with Crippen molar-refractivity contribution in [2.75, 3.05) is 43.4 Å². The zero-order valence-corrected chi connectivity index (χ0v) is 19.1. The largest absolute Gasteiger partial charge is 0.384 e. The number of benzene rings is 1. The van der Waals surface area contributed by atoms with Crippen LogP contribution in [0, 0.1) is 11.7 Å². The highest BCUT2D eigenvalue weighted by molar-refractivity contribution is 5.99. The number of nitrogens with one attached hydrogen (secondary N) is 2. The first-order valence-corrected chi connectivity index (χ1v) is 11.5. The number of anilines is 3. The van der Waals surface area contributed by atoms with Crippen LogP contribution in [0.5, 0.6) is 0 Å². The van der Waals surface area contributed by atoms with E-state index in [-0.39, 0.29) is 28.9 Å². The topological polar surface area (TPSA) is 121 Å². The Labute approximate surface area is 197 Å². The molecule has 0 radical (unpaired) electrons. The number of nitrogens with two attached hydrogens (primary N) is 1. The highest BCUT2D eigenvalue weighted by Gasteiger charge is 2.25. The Morgan fingerprint density at radius 2 is 1.88 bits per heavy atom. The second-order valence-electron chi connectivity index (χ2n) is 8.80. The molecule has 1 aromatic carbocycles.